The number of hydrogen-bond acceptors (Lipinski definition) is 4. The van der Waals surface area contributed by atoms with E-state index in [4.69, 9.17) is 4.74 Å². The molecule has 0 amide bonds. The number of hydrogen-bond donors (Lipinski definition) is 1. The molecule has 94 valence electrons. The summed E-state index contributed by atoms with van der Waals surface area (Å²) in [6, 6.07) is 6.47. The van der Waals surface area contributed by atoms with E-state index in [1.165, 1.54) is 19.4 Å². The summed E-state index contributed by atoms with van der Waals surface area (Å²) in [4.78, 5) is 6.80. The Kier molecular flexibility index (Phi) is 4.20. The van der Waals surface area contributed by atoms with Gasteiger partial charge in [0.05, 0.1) is 6.61 Å². The van der Waals surface area contributed by atoms with Crippen molar-refractivity contribution in [3.63, 3.8) is 0 Å². The maximum absolute atomic E-state index is 5.38. The Morgan fingerprint density at radius 3 is 3.12 bits per heavy atom. The summed E-state index contributed by atoms with van der Waals surface area (Å²) < 4.78 is 5.38. The van der Waals surface area contributed by atoms with E-state index in [1.807, 2.05) is 25.1 Å². The van der Waals surface area contributed by atoms with Crippen molar-refractivity contribution in [2.75, 3.05) is 32.1 Å². The lowest BCUT2D eigenvalue weighted by molar-refractivity contribution is 0.320. The molecule has 1 aliphatic heterocycles. The third-order valence-electron chi connectivity index (χ3n) is 3.21. The van der Waals surface area contributed by atoms with Crippen molar-refractivity contribution in [2.45, 2.75) is 25.8 Å². The van der Waals surface area contributed by atoms with E-state index in [0.717, 1.165) is 12.4 Å². The van der Waals surface area contributed by atoms with Gasteiger partial charge in [-0.05, 0) is 39.4 Å². The van der Waals surface area contributed by atoms with Crippen molar-refractivity contribution < 1.29 is 4.74 Å². The standard InChI is InChI=1S/C13H21N3O/c1-3-17-13-8-4-7-12(15-13)14-10-11-6-5-9-16(11)2/h4,7-8,11H,3,5-6,9-10H2,1-2H3,(H,14,15). The van der Waals surface area contributed by atoms with Crippen LogP contribution in [0.25, 0.3) is 0 Å². The van der Waals surface area contributed by atoms with Crippen LogP contribution in [-0.2, 0) is 0 Å². The van der Waals surface area contributed by atoms with Crippen molar-refractivity contribution in [1.29, 1.82) is 0 Å². The molecule has 1 fully saturated rings. The van der Waals surface area contributed by atoms with E-state index in [-0.39, 0.29) is 0 Å². The molecule has 1 unspecified atom stereocenters. The Bertz CT molecular complexity index is 356. The summed E-state index contributed by atoms with van der Waals surface area (Å²) in [6.45, 7) is 4.79. The SMILES string of the molecule is CCOc1cccc(NCC2CCCN2C)n1. The first kappa shape index (κ1) is 12.2. The molecule has 1 aromatic rings. The lowest BCUT2D eigenvalue weighted by Crippen LogP contribution is -2.31. The number of ether oxygens (including phenoxy) is 1. The number of likely N-dealkylation sites (N-methyl/N-ethyl adjacent to an activating group) is 1. The predicted molar refractivity (Wildman–Crippen MR) is 69.5 cm³/mol. The molecule has 1 N–H and O–H groups in total. The van der Waals surface area contributed by atoms with Gasteiger partial charge in [0.15, 0.2) is 0 Å². The van der Waals surface area contributed by atoms with Crippen LogP contribution in [-0.4, -0.2) is 42.7 Å². The highest BCUT2D eigenvalue weighted by Gasteiger charge is 2.20. The molecule has 17 heavy (non-hydrogen) atoms. The molecule has 2 heterocycles. The second-order valence-electron chi connectivity index (χ2n) is 4.45. The first-order valence-electron chi connectivity index (χ1n) is 6.33. The number of nitrogens with zero attached hydrogens (tertiary/aromatic N) is 2. The van der Waals surface area contributed by atoms with Crippen molar-refractivity contribution in [2.24, 2.45) is 0 Å². The van der Waals surface area contributed by atoms with Crippen LogP contribution in [0, 0.1) is 0 Å². The number of anilines is 1. The van der Waals surface area contributed by atoms with E-state index in [9.17, 15) is 0 Å². The molecule has 0 bridgehead atoms. The van der Waals surface area contributed by atoms with Gasteiger partial charge in [-0.3, -0.25) is 0 Å². The van der Waals surface area contributed by atoms with Gasteiger partial charge in [0.1, 0.15) is 5.82 Å². The minimum absolute atomic E-state index is 0.632. The molecule has 4 nitrogen and oxygen atoms in total. The summed E-state index contributed by atoms with van der Waals surface area (Å²) in [5.41, 5.74) is 0. The minimum atomic E-state index is 0.632. The highest BCUT2D eigenvalue weighted by molar-refractivity contribution is 5.37. The van der Waals surface area contributed by atoms with Crippen LogP contribution in [0.3, 0.4) is 0 Å². The number of aromatic nitrogens is 1. The molecule has 1 aliphatic rings. The third kappa shape index (κ3) is 3.33. The lowest BCUT2D eigenvalue weighted by Gasteiger charge is -2.20. The van der Waals surface area contributed by atoms with Crippen LogP contribution in [0.5, 0.6) is 5.88 Å². The maximum Gasteiger partial charge on any atom is 0.215 e. The van der Waals surface area contributed by atoms with Crippen molar-refractivity contribution in [3.8, 4) is 5.88 Å². The minimum Gasteiger partial charge on any atom is -0.478 e. The van der Waals surface area contributed by atoms with E-state index in [2.05, 4.69) is 22.2 Å². The normalized spacial score (nSPS) is 20.5. The Labute approximate surface area is 103 Å². The molecular weight excluding hydrogens is 214 g/mol. The Morgan fingerprint density at radius 1 is 1.53 bits per heavy atom. The quantitative estimate of drug-likeness (QED) is 0.847. The van der Waals surface area contributed by atoms with Gasteiger partial charge in [-0.15, -0.1) is 0 Å². The van der Waals surface area contributed by atoms with Crippen LogP contribution in [0.1, 0.15) is 19.8 Å². The molecule has 1 saturated heterocycles. The smallest absolute Gasteiger partial charge is 0.215 e. The number of nitrogens with one attached hydrogen (secondary N) is 1. The Hall–Kier alpha value is -1.29. The average Bonchev–Trinajstić information content (AvgIpc) is 2.73. The predicted octanol–water partition coefficient (Wildman–Crippen LogP) is 1.99. The van der Waals surface area contributed by atoms with E-state index in [1.54, 1.807) is 0 Å². The average molecular weight is 235 g/mol. The van der Waals surface area contributed by atoms with E-state index < -0.39 is 0 Å². The molecular formula is C13H21N3O. The van der Waals surface area contributed by atoms with Crippen LogP contribution < -0.4 is 10.1 Å². The van der Waals surface area contributed by atoms with Crippen LogP contribution >= 0.6 is 0 Å². The summed E-state index contributed by atoms with van der Waals surface area (Å²) >= 11 is 0. The van der Waals surface area contributed by atoms with Crippen LogP contribution in [0.2, 0.25) is 0 Å². The summed E-state index contributed by atoms with van der Waals surface area (Å²) in [7, 11) is 2.18. The zero-order valence-electron chi connectivity index (χ0n) is 10.6. The highest BCUT2D eigenvalue weighted by atomic mass is 16.5. The van der Waals surface area contributed by atoms with Gasteiger partial charge in [0.25, 0.3) is 0 Å². The first-order chi connectivity index (χ1) is 8.29. The van der Waals surface area contributed by atoms with Gasteiger partial charge in [0, 0.05) is 18.7 Å². The molecule has 0 spiro atoms. The first-order valence-corrected chi connectivity index (χ1v) is 6.33. The van der Waals surface area contributed by atoms with Crippen LogP contribution in [0.4, 0.5) is 5.82 Å². The van der Waals surface area contributed by atoms with Gasteiger partial charge in [-0.25, -0.2) is 0 Å². The van der Waals surface area contributed by atoms with Crippen molar-refractivity contribution >= 4 is 5.82 Å². The van der Waals surface area contributed by atoms with Crippen molar-refractivity contribution in [3.05, 3.63) is 18.2 Å². The summed E-state index contributed by atoms with van der Waals surface area (Å²) in [6.07, 6.45) is 2.57. The fourth-order valence-corrected chi connectivity index (χ4v) is 2.20. The zero-order valence-corrected chi connectivity index (χ0v) is 10.6. The fourth-order valence-electron chi connectivity index (χ4n) is 2.20. The van der Waals surface area contributed by atoms with Gasteiger partial charge in [-0.2, -0.15) is 4.98 Å². The number of rotatable bonds is 5. The van der Waals surface area contributed by atoms with Gasteiger partial charge >= 0.3 is 0 Å². The summed E-state index contributed by atoms with van der Waals surface area (Å²) in [5, 5.41) is 3.38. The molecule has 0 radical (unpaired) electrons. The zero-order chi connectivity index (χ0) is 12.1. The molecule has 1 aromatic heterocycles. The number of likely N-dealkylation sites (tertiary alicyclic amines) is 1. The van der Waals surface area contributed by atoms with E-state index >= 15 is 0 Å². The van der Waals surface area contributed by atoms with E-state index in [0.29, 0.717) is 18.5 Å². The number of pyridine rings is 1. The molecule has 0 saturated carbocycles. The highest BCUT2D eigenvalue weighted by Crippen LogP contribution is 2.16. The molecule has 4 heteroatoms. The van der Waals surface area contributed by atoms with Gasteiger partial charge in [-0.1, -0.05) is 6.07 Å². The Balaban J connectivity index is 1.87. The Morgan fingerprint density at radius 2 is 2.41 bits per heavy atom. The maximum atomic E-state index is 5.38. The fraction of sp³-hybridized carbons (Fsp3) is 0.615. The summed E-state index contributed by atoms with van der Waals surface area (Å²) in [5.74, 6) is 1.59. The topological polar surface area (TPSA) is 37.4 Å². The largest absolute Gasteiger partial charge is 0.478 e. The lowest BCUT2D eigenvalue weighted by atomic mass is 10.2. The monoisotopic (exact) mass is 235 g/mol. The third-order valence-corrected chi connectivity index (χ3v) is 3.21. The molecule has 2 rings (SSSR count). The van der Waals surface area contributed by atoms with Crippen molar-refractivity contribution in [1.82, 2.24) is 9.88 Å². The second-order valence-corrected chi connectivity index (χ2v) is 4.45. The molecule has 1 atom stereocenters. The van der Waals surface area contributed by atoms with Gasteiger partial charge < -0.3 is 15.0 Å². The van der Waals surface area contributed by atoms with Crippen LogP contribution in [0.15, 0.2) is 18.2 Å². The molecule has 0 aromatic carbocycles. The molecule has 0 aliphatic carbocycles. The second kappa shape index (κ2) is 5.87. The van der Waals surface area contributed by atoms with Gasteiger partial charge in [0.2, 0.25) is 5.88 Å².